The summed E-state index contributed by atoms with van der Waals surface area (Å²) in [7, 11) is 0. The van der Waals surface area contributed by atoms with Crippen LogP contribution in [0.3, 0.4) is 0 Å². The van der Waals surface area contributed by atoms with E-state index in [0.29, 0.717) is 12.1 Å². The van der Waals surface area contributed by atoms with Crippen LogP contribution in [0.2, 0.25) is 0 Å². The Balaban J connectivity index is 2.00. The summed E-state index contributed by atoms with van der Waals surface area (Å²) in [5.74, 6) is 0.519. The molecular weight excluding hydrogens is 220 g/mol. The Morgan fingerprint density at radius 2 is 2.24 bits per heavy atom. The number of aromatic amines is 1. The van der Waals surface area contributed by atoms with Crippen molar-refractivity contribution < 1.29 is 10.2 Å². The minimum Gasteiger partial charge on any atom is -0.504 e. The monoisotopic (exact) mass is 234 g/mol. The average molecular weight is 234 g/mol. The van der Waals surface area contributed by atoms with E-state index in [1.54, 1.807) is 12.1 Å². The summed E-state index contributed by atoms with van der Waals surface area (Å²) in [5, 5.41) is 28.7. The number of aromatic nitrogens is 3. The molecule has 0 bridgehead atoms. The van der Waals surface area contributed by atoms with Crippen molar-refractivity contribution in [1.82, 2.24) is 20.5 Å². The third-order valence-electron chi connectivity index (χ3n) is 2.54. The summed E-state index contributed by atoms with van der Waals surface area (Å²) in [6.07, 6.45) is 1.44. The number of nitrogens with one attached hydrogen (secondary N) is 2. The van der Waals surface area contributed by atoms with Crippen LogP contribution in [-0.4, -0.2) is 25.4 Å². The first-order valence-electron chi connectivity index (χ1n) is 5.27. The second-order valence-electron chi connectivity index (χ2n) is 3.76. The second kappa shape index (κ2) is 4.84. The maximum atomic E-state index is 9.62. The lowest BCUT2D eigenvalue weighted by Gasteiger charge is -2.12. The van der Waals surface area contributed by atoms with Crippen molar-refractivity contribution in [2.24, 2.45) is 0 Å². The van der Waals surface area contributed by atoms with Crippen molar-refractivity contribution in [2.45, 2.75) is 19.5 Å². The molecule has 1 heterocycles. The molecule has 0 aliphatic carbocycles. The predicted molar refractivity (Wildman–Crippen MR) is 61.4 cm³/mol. The van der Waals surface area contributed by atoms with Crippen LogP contribution in [0.1, 0.15) is 24.4 Å². The number of hydrogen-bond acceptors (Lipinski definition) is 5. The molecular formula is C11H14N4O2. The molecule has 0 radical (unpaired) electrons. The molecule has 0 fully saturated rings. The van der Waals surface area contributed by atoms with E-state index < -0.39 is 0 Å². The second-order valence-corrected chi connectivity index (χ2v) is 3.76. The molecule has 0 aliphatic rings. The number of rotatable bonds is 4. The van der Waals surface area contributed by atoms with Gasteiger partial charge in [-0.1, -0.05) is 12.1 Å². The lowest BCUT2D eigenvalue weighted by molar-refractivity contribution is 0.396. The van der Waals surface area contributed by atoms with Crippen molar-refractivity contribution in [3.63, 3.8) is 0 Å². The van der Waals surface area contributed by atoms with Crippen LogP contribution in [0.25, 0.3) is 0 Å². The van der Waals surface area contributed by atoms with Crippen LogP contribution in [0, 0.1) is 0 Å². The zero-order valence-corrected chi connectivity index (χ0v) is 9.38. The van der Waals surface area contributed by atoms with Gasteiger partial charge >= 0.3 is 0 Å². The average Bonchev–Trinajstić information content (AvgIpc) is 2.84. The van der Waals surface area contributed by atoms with Crippen LogP contribution in [0.5, 0.6) is 11.5 Å². The third kappa shape index (κ3) is 2.54. The van der Waals surface area contributed by atoms with Gasteiger partial charge in [0, 0.05) is 12.1 Å². The number of benzene rings is 1. The van der Waals surface area contributed by atoms with Crippen molar-refractivity contribution in [3.8, 4) is 11.5 Å². The summed E-state index contributed by atoms with van der Waals surface area (Å²) >= 11 is 0. The van der Waals surface area contributed by atoms with Gasteiger partial charge in [0.25, 0.3) is 0 Å². The molecule has 0 saturated carbocycles. The van der Waals surface area contributed by atoms with Crippen LogP contribution < -0.4 is 5.32 Å². The number of H-pyrrole nitrogens is 1. The molecule has 17 heavy (non-hydrogen) atoms. The molecule has 1 unspecified atom stereocenters. The molecule has 1 aromatic carbocycles. The highest BCUT2D eigenvalue weighted by molar-refractivity contribution is 5.44. The Morgan fingerprint density at radius 1 is 1.41 bits per heavy atom. The fourth-order valence-electron chi connectivity index (χ4n) is 1.50. The molecule has 6 heteroatoms. The minimum atomic E-state index is -0.114. The minimum absolute atomic E-state index is 0.0146. The van der Waals surface area contributed by atoms with Gasteiger partial charge in [-0.05, 0) is 13.0 Å². The number of nitrogens with zero attached hydrogens (tertiary/aromatic N) is 2. The first-order valence-corrected chi connectivity index (χ1v) is 5.27. The summed E-state index contributed by atoms with van der Waals surface area (Å²) in [6, 6.07) is 4.86. The van der Waals surface area contributed by atoms with E-state index in [-0.39, 0.29) is 17.5 Å². The van der Waals surface area contributed by atoms with Gasteiger partial charge in [-0.15, -0.1) is 0 Å². The molecule has 1 atom stereocenters. The zero-order valence-electron chi connectivity index (χ0n) is 9.38. The van der Waals surface area contributed by atoms with E-state index in [1.165, 1.54) is 12.4 Å². The van der Waals surface area contributed by atoms with Crippen LogP contribution in [0.15, 0.2) is 24.5 Å². The third-order valence-corrected chi connectivity index (χ3v) is 2.54. The Morgan fingerprint density at radius 3 is 2.94 bits per heavy atom. The van der Waals surface area contributed by atoms with Crippen molar-refractivity contribution in [2.75, 3.05) is 0 Å². The van der Waals surface area contributed by atoms with Crippen molar-refractivity contribution >= 4 is 0 Å². The van der Waals surface area contributed by atoms with E-state index in [4.69, 9.17) is 0 Å². The number of phenolic OH excluding ortho intramolecular Hbond substituents is 2. The Hall–Kier alpha value is -2.08. The van der Waals surface area contributed by atoms with Gasteiger partial charge in [0.1, 0.15) is 12.2 Å². The van der Waals surface area contributed by atoms with E-state index in [2.05, 4.69) is 20.5 Å². The van der Waals surface area contributed by atoms with Gasteiger partial charge in [0.05, 0.1) is 6.04 Å². The molecule has 0 saturated heterocycles. The van der Waals surface area contributed by atoms with Crippen molar-refractivity contribution in [3.05, 3.63) is 35.9 Å². The maximum absolute atomic E-state index is 9.62. The van der Waals surface area contributed by atoms with E-state index in [9.17, 15) is 10.2 Å². The van der Waals surface area contributed by atoms with E-state index in [0.717, 1.165) is 5.82 Å². The maximum Gasteiger partial charge on any atom is 0.161 e. The highest BCUT2D eigenvalue weighted by atomic mass is 16.3. The first kappa shape index (κ1) is 11.4. The topological polar surface area (TPSA) is 94.1 Å². The summed E-state index contributed by atoms with van der Waals surface area (Å²) in [5.41, 5.74) is 0.636. The quantitative estimate of drug-likeness (QED) is 0.594. The van der Waals surface area contributed by atoms with E-state index in [1.807, 2.05) is 6.92 Å². The molecule has 1 aromatic heterocycles. The fourth-order valence-corrected chi connectivity index (χ4v) is 1.50. The van der Waals surface area contributed by atoms with Gasteiger partial charge in [-0.25, -0.2) is 4.98 Å². The van der Waals surface area contributed by atoms with Gasteiger partial charge in [-0.2, -0.15) is 5.10 Å². The van der Waals surface area contributed by atoms with Crippen LogP contribution in [0.4, 0.5) is 0 Å². The predicted octanol–water partition coefficient (Wildman–Crippen LogP) is 1.07. The van der Waals surface area contributed by atoms with Crippen LogP contribution >= 0.6 is 0 Å². The zero-order chi connectivity index (χ0) is 12.3. The lowest BCUT2D eigenvalue weighted by atomic mass is 10.1. The van der Waals surface area contributed by atoms with Gasteiger partial charge < -0.3 is 15.5 Å². The molecule has 0 amide bonds. The highest BCUT2D eigenvalue weighted by Gasteiger charge is 2.10. The summed E-state index contributed by atoms with van der Waals surface area (Å²) in [6.45, 7) is 2.36. The molecule has 6 nitrogen and oxygen atoms in total. The van der Waals surface area contributed by atoms with Gasteiger partial charge in [0.2, 0.25) is 0 Å². The number of phenols is 2. The molecule has 4 N–H and O–H groups in total. The highest BCUT2D eigenvalue weighted by Crippen LogP contribution is 2.28. The van der Waals surface area contributed by atoms with Gasteiger partial charge in [0.15, 0.2) is 11.5 Å². The number of para-hydroxylation sites is 1. The Labute approximate surface area is 98.3 Å². The summed E-state index contributed by atoms with van der Waals surface area (Å²) in [4.78, 5) is 4.03. The first-order chi connectivity index (χ1) is 8.18. The van der Waals surface area contributed by atoms with Gasteiger partial charge in [-0.3, -0.25) is 5.10 Å². The van der Waals surface area contributed by atoms with Crippen LogP contribution in [-0.2, 0) is 6.54 Å². The number of hydrogen-bond donors (Lipinski definition) is 4. The fraction of sp³-hybridized carbons (Fsp3) is 0.273. The lowest BCUT2D eigenvalue weighted by Crippen LogP contribution is -2.19. The SMILES string of the molecule is CC(NCc1cccc(O)c1O)c1ncn[nH]1. The van der Waals surface area contributed by atoms with E-state index >= 15 is 0 Å². The smallest absolute Gasteiger partial charge is 0.161 e. The Bertz CT molecular complexity index is 484. The molecule has 0 spiro atoms. The van der Waals surface area contributed by atoms with Crippen molar-refractivity contribution in [1.29, 1.82) is 0 Å². The standard InChI is InChI=1S/C11H14N4O2/c1-7(11-13-6-14-15-11)12-5-8-3-2-4-9(16)10(8)17/h2-4,6-7,12,16-17H,5H2,1H3,(H,13,14,15). The molecule has 2 aromatic rings. The molecule has 0 aliphatic heterocycles. The Kier molecular flexibility index (Phi) is 3.24. The number of aromatic hydroxyl groups is 2. The molecule has 2 rings (SSSR count). The largest absolute Gasteiger partial charge is 0.504 e. The normalized spacial score (nSPS) is 12.5. The summed E-state index contributed by atoms with van der Waals surface area (Å²) < 4.78 is 0. The molecule has 90 valence electrons.